The van der Waals surface area contributed by atoms with Crippen LogP contribution in [0.1, 0.15) is 5.56 Å². The van der Waals surface area contributed by atoms with Gasteiger partial charge in [0.15, 0.2) is 9.84 Å². The molecule has 2 rings (SSSR count). The van der Waals surface area contributed by atoms with Crippen LogP contribution in [-0.4, -0.2) is 25.1 Å². The van der Waals surface area contributed by atoms with Gasteiger partial charge in [0.05, 0.1) is 10.7 Å². The van der Waals surface area contributed by atoms with E-state index in [0.717, 1.165) is 23.6 Å². The Kier molecular flexibility index (Phi) is 3.63. The van der Waals surface area contributed by atoms with E-state index in [1.807, 2.05) is 0 Å². The molecule has 0 aliphatic carbocycles. The molecule has 1 heterocycles. The molecule has 6 nitrogen and oxygen atoms in total. The Morgan fingerprint density at radius 1 is 1.47 bits per heavy atom. The molecular weight excluding hydrogens is 275 g/mol. The fourth-order valence-corrected chi connectivity index (χ4v) is 3.09. The molecule has 0 fully saturated rings. The molecule has 0 bridgehead atoms. The van der Waals surface area contributed by atoms with Gasteiger partial charge in [0.25, 0.3) is 5.69 Å². The average Bonchev–Trinajstić information content (AvgIpc) is 2.66. The number of rotatable bonds is 4. The SMILES string of the molecule is O=[N+]([O-])c1ccc(F)cc1CNC1C=CS(=O)(=O)C1. The lowest BCUT2D eigenvalue weighted by atomic mass is 10.1. The molecule has 1 N–H and O–H groups in total. The highest BCUT2D eigenvalue weighted by molar-refractivity contribution is 7.94. The molecule has 1 unspecified atom stereocenters. The zero-order chi connectivity index (χ0) is 14.0. The smallest absolute Gasteiger partial charge is 0.274 e. The maximum atomic E-state index is 13.1. The van der Waals surface area contributed by atoms with Crippen molar-refractivity contribution in [3.8, 4) is 0 Å². The fourth-order valence-electron chi connectivity index (χ4n) is 1.82. The first-order valence-corrected chi connectivity index (χ1v) is 7.16. The number of hydrogen-bond donors (Lipinski definition) is 1. The molecule has 0 aromatic heterocycles. The lowest BCUT2D eigenvalue weighted by molar-refractivity contribution is -0.385. The molecule has 1 aromatic rings. The second-order valence-corrected chi connectivity index (χ2v) is 6.11. The molecule has 0 saturated heterocycles. The second-order valence-electron chi connectivity index (χ2n) is 4.18. The van der Waals surface area contributed by atoms with E-state index in [2.05, 4.69) is 5.32 Å². The van der Waals surface area contributed by atoms with Crippen LogP contribution in [0.2, 0.25) is 0 Å². The first-order chi connectivity index (χ1) is 8.87. The minimum Gasteiger partial charge on any atom is -0.305 e. The van der Waals surface area contributed by atoms with Crippen LogP contribution in [0.4, 0.5) is 10.1 Å². The molecule has 102 valence electrons. The van der Waals surface area contributed by atoms with E-state index in [1.165, 1.54) is 6.08 Å². The number of nitro benzene ring substituents is 1. The quantitative estimate of drug-likeness (QED) is 0.662. The highest BCUT2D eigenvalue weighted by atomic mass is 32.2. The lowest BCUT2D eigenvalue weighted by Crippen LogP contribution is -2.29. The van der Waals surface area contributed by atoms with Gasteiger partial charge in [-0.3, -0.25) is 10.1 Å². The first kappa shape index (κ1) is 13.6. The van der Waals surface area contributed by atoms with Gasteiger partial charge in [-0.2, -0.15) is 0 Å². The van der Waals surface area contributed by atoms with Crippen molar-refractivity contribution in [1.29, 1.82) is 0 Å². The van der Waals surface area contributed by atoms with E-state index in [1.54, 1.807) is 0 Å². The molecule has 0 saturated carbocycles. The maximum absolute atomic E-state index is 13.1. The van der Waals surface area contributed by atoms with Gasteiger partial charge < -0.3 is 5.32 Å². The predicted molar refractivity (Wildman–Crippen MR) is 66.6 cm³/mol. The number of halogens is 1. The predicted octanol–water partition coefficient (Wildman–Crippen LogP) is 1.13. The molecule has 1 atom stereocenters. The number of nitro groups is 1. The van der Waals surface area contributed by atoms with Crippen LogP contribution in [0, 0.1) is 15.9 Å². The number of benzene rings is 1. The van der Waals surface area contributed by atoms with Crippen molar-refractivity contribution in [2.45, 2.75) is 12.6 Å². The summed E-state index contributed by atoms with van der Waals surface area (Å²) in [4.78, 5) is 10.2. The molecular formula is C11H11FN2O4S. The number of sulfone groups is 1. The summed E-state index contributed by atoms with van der Waals surface area (Å²) in [6, 6.07) is 2.76. The third kappa shape index (κ3) is 3.36. The normalized spacial score (nSPS) is 20.6. The zero-order valence-electron chi connectivity index (χ0n) is 9.74. The summed E-state index contributed by atoms with van der Waals surface area (Å²) in [6.45, 7) is 0.0264. The van der Waals surface area contributed by atoms with Crippen molar-refractivity contribution in [3.63, 3.8) is 0 Å². The number of hydrogen-bond acceptors (Lipinski definition) is 5. The molecule has 1 aromatic carbocycles. The van der Waals surface area contributed by atoms with Crippen LogP contribution in [0.3, 0.4) is 0 Å². The Bertz CT molecular complexity index is 642. The van der Waals surface area contributed by atoms with E-state index in [9.17, 15) is 22.9 Å². The van der Waals surface area contributed by atoms with E-state index in [0.29, 0.717) is 0 Å². The van der Waals surface area contributed by atoms with Gasteiger partial charge in [-0.1, -0.05) is 6.08 Å². The van der Waals surface area contributed by atoms with E-state index in [4.69, 9.17) is 0 Å². The van der Waals surface area contributed by atoms with Gasteiger partial charge in [-0.05, 0) is 12.1 Å². The summed E-state index contributed by atoms with van der Waals surface area (Å²) in [7, 11) is -3.19. The van der Waals surface area contributed by atoms with Crippen molar-refractivity contribution in [1.82, 2.24) is 5.32 Å². The van der Waals surface area contributed by atoms with Crippen molar-refractivity contribution in [2.24, 2.45) is 0 Å². The number of nitrogens with one attached hydrogen (secondary N) is 1. The summed E-state index contributed by atoms with van der Waals surface area (Å²) < 4.78 is 35.4. The van der Waals surface area contributed by atoms with Gasteiger partial charge in [0, 0.05) is 29.6 Å². The molecule has 0 spiro atoms. The molecule has 19 heavy (non-hydrogen) atoms. The minimum atomic E-state index is -3.19. The summed E-state index contributed by atoms with van der Waals surface area (Å²) >= 11 is 0. The van der Waals surface area contributed by atoms with Crippen LogP contribution in [0.5, 0.6) is 0 Å². The van der Waals surface area contributed by atoms with Crippen LogP contribution >= 0.6 is 0 Å². The monoisotopic (exact) mass is 286 g/mol. The summed E-state index contributed by atoms with van der Waals surface area (Å²) in [6.07, 6.45) is 1.47. The van der Waals surface area contributed by atoms with Crippen LogP contribution in [0.15, 0.2) is 29.7 Å². The third-order valence-corrected chi connectivity index (χ3v) is 4.12. The van der Waals surface area contributed by atoms with Crippen molar-refractivity contribution in [3.05, 3.63) is 51.2 Å². The zero-order valence-corrected chi connectivity index (χ0v) is 10.6. The Morgan fingerprint density at radius 2 is 2.21 bits per heavy atom. The number of nitrogens with zero attached hydrogens (tertiary/aromatic N) is 1. The van der Waals surface area contributed by atoms with Crippen molar-refractivity contribution < 1.29 is 17.7 Å². The standard InChI is InChI=1S/C11H11FN2O4S/c12-9-1-2-11(14(15)16)8(5-9)6-13-10-3-4-19(17,18)7-10/h1-5,10,13H,6-7H2. The lowest BCUT2D eigenvalue weighted by Gasteiger charge is -2.10. The van der Waals surface area contributed by atoms with E-state index >= 15 is 0 Å². The topological polar surface area (TPSA) is 89.3 Å². The molecule has 8 heteroatoms. The average molecular weight is 286 g/mol. The van der Waals surface area contributed by atoms with Crippen molar-refractivity contribution in [2.75, 3.05) is 5.75 Å². The Labute approximate surface area is 109 Å². The minimum absolute atomic E-state index is 0.0264. The van der Waals surface area contributed by atoms with Gasteiger partial charge in [0.1, 0.15) is 5.82 Å². The highest BCUT2D eigenvalue weighted by Gasteiger charge is 2.22. The summed E-state index contributed by atoms with van der Waals surface area (Å²) in [5.74, 6) is -0.659. The Hall–Kier alpha value is -1.80. The van der Waals surface area contributed by atoms with E-state index < -0.39 is 26.6 Å². The fraction of sp³-hybridized carbons (Fsp3) is 0.273. The molecule has 1 aliphatic heterocycles. The first-order valence-electron chi connectivity index (χ1n) is 5.44. The summed E-state index contributed by atoms with van der Waals surface area (Å²) in [5.41, 5.74) is -0.0126. The van der Waals surface area contributed by atoms with E-state index in [-0.39, 0.29) is 23.5 Å². The second kappa shape index (κ2) is 5.06. The maximum Gasteiger partial charge on any atom is 0.274 e. The van der Waals surface area contributed by atoms with Crippen LogP contribution in [0.25, 0.3) is 0 Å². The van der Waals surface area contributed by atoms with Crippen molar-refractivity contribution >= 4 is 15.5 Å². The van der Waals surface area contributed by atoms with Gasteiger partial charge in [-0.25, -0.2) is 12.8 Å². The van der Waals surface area contributed by atoms with Gasteiger partial charge >= 0.3 is 0 Å². The molecule has 0 amide bonds. The highest BCUT2D eigenvalue weighted by Crippen LogP contribution is 2.20. The van der Waals surface area contributed by atoms with Crippen LogP contribution < -0.4 is 5.32 Å². The Morgan fingerprint density at radius 3 is 2.79 bits per heavy atom. The van der Waals surface area contributed by atoms with Gasteiger partial charge in [0.2, 0.25) is 0 Å². The molecule has 0 radical (unpaired) electrons. The van der Waals surface area contributed by atoms with Gasteiger partial charge in [-0.15, -0.1) is 0 Å². The Balaban J connectivity index is 2.10. The largest absolute Gasteiger partial charge is 0.305 e. The third-order valence-electron chi connectivity index (χ3n) is 2.72. The van der Waals surface area contributed by atoms with Crippen LogP contribution in [-0.2, 0) is 16.4 Å². The molecule has 1 aliphatic rings. The summed E-state index contributed by atoms with van der Waals surface area (Å²) in [5, 5.41) is 14.7.